The molecule has 0 aliphatic carbocycles. The zero-order chi connectivity index (χ0) is 9.56. The average molecular weight is 171 g/mol. The van der Waals surface area contributed by atoms with Gasteiger partial charge in [0.05, 0.1) is 0 Å². The van der Waals surface area contributed by atoms with Gasteiger partial charge in [-0.2, -0.15) is 0 Å². The third kappa shape index (κ3) is 3.57. The summed E-state index contributed by atoms with van der Waals surface area (Å²) in [5, 5.41) is 0. The van der Waals surface area contributed by atoms with E-state index in [0.29, 0.717) is 12.0 Å². The molecule has 1 nitrogen and oxygen atoms in total. The molecule has 74 valence electrons. The molecule has 0 heterocycles. The summed E-state index contributed by atoms with van der Waals surface area (Å²) in [7, 11) is 0. The minimum Gasteiger partial charge on any atom is -0.327 e. The first-order valence-electron chi connectivity index (χ1n) is 5.42. The van der Waals surface area contributed by atoms with Crippen molar-refractivity contribution in [2.75, 3.05) is 0 Å². The van der Waals surface area contributed by atoms with Crippen molar-refractivity contribution in [1.82, 2.24) is 0 Å². The monoisotopic (exact) mass is 171 g/mol. The summed E-state index contributed by atoms with van der Waals surface area (Å²) in [4.78, 5) is 0. The summed E-state index contributed by atoms with van der Waals surface area (Å²) >= 11 is 0. The van der Waals surface area contributed by atoms with Crippen LogP contribution in [0.25, 0.3) is 0 Å². The zero-order valence-corrected chi connectivity index (χ0v) is 9.14. The van der Waals surface area contributed by atoms with Crippen LogP contribution in [0.1, 0.15) is 53.4 Å². The summed E-state index contributed by atoms with van der Waals surface area (Å²) in [6, 6.07) is 0.417. The van der Waals surface area contributed by atoms with Crippen molar-refractivity contribution in [2.24, 2.45) is 17.6 Å². The summed E-state index contributed by atoms with van der Waals surface area (Å²) in [5.74, 6) is 1.42. The van der Waals surface area contributed by atoms with Gasteiger partial charge in [0.2, 0.25) is 0 Å². The van der Waals surface area contributed by atoms with Crippen molar-refractivity contribution < 1.29 is 0 Å². The highest BCUT2D eigenvalue weighted by Gasteiger charge is 2.19. The fourth-order valence-corrected chi connectivity index (χ4v) is 1.95. The van der Waals surface area contributed by atoms with Crippen molar-refractivity contribution in [3.8, 4) is 0 Å². The number of rotatable bonds is 6. The Bertz CT molecular complexity index is 97.2. The van der Waals surface area contributed by atoms with E-state index >= 15 is 0 Å². The van der Waals surface area contributed by atoms with Gasteiger partial charge in [0.25, 0.3) is 0 Å². The van der Waals surface area contributed by atoms with Crippen molar-refractivity contribution in [3.63, 3.8) is 0 Å². The molecule has 0 aromatic carbocycles. The lowest BCUT2D eigenvalue weighted by Crippen LogP contribution is -2.35. The molecule has 0 aromatic heterocycles. The normalized spacial score (nSPS) is 16.5. The molecule has 0 fully saturated rings. The van der Waals surface area contributed by atoms with E-state index in [1.54, 1.807) is 0 Å². The van der Waals surface area contributed by atoms with Crippen LogP contribution in [0, 0.1) is 11.8 Å². The predicted octanol–water partition coefficient (Wildman–Crippen LogP) is 3.19. The molecule has 2 atom stereocenters. The van der Waals surface area contributed by atoms with Crippen LogP contribution in [0.3, 0.4) is 0 Å². The van der Waals surface area contributed by atoms with Gasteiger partial charge >= 0.3 is 0 Å². The molecule has 1 unspecified atom stereocenters. The van der Waals surface area contributed by atoms with Crippen LogP contribution in [0.4, 0.5) is 0 Å². The predicted molar refractivity (Wildman–Crippen MR) is 56.1 cm³/mol. The van der Waals surface area contributed by atoms with Crippen LogP contribution >= 0.6 is 0 Å². The lowest BCUT2D eigenvalue weighted by atomic mass is 9.84. The first-order chi connectivity index (χ1) is 5.67. The van der Waals surface area contributed by atoms with Gasteiger partial charge in [0, 0.05) is 6.04 Å². The maximum atomic E-state index is 6.17. The molecule has 0 saturated carbocycles. The van der Waals surface area contributed by atoms with Gasteiger partial charge in [-0.3, -0.25) is 0 Å². The lowest BCUT2D eigenvalue weighted by molar-refractivity contribution is 0.295. The second-order valence-corrected chi connectivity index (χ2v) is 3.92. The van der Waals surface area contributed by atoms with Crippen molar-refractivity contribution >= 4 is 0 Å². The maximum Gasteiger partial charge on any atom is 0.00927 e. The summed E-state index contributed by atoms with van der Waals surface area (Å²) < 4.78 is 0. The van der Waals surface area contributed by atoms with Gasteiger partial charge in [0.15, 0.2) is 0 Å². The van der Waals surface area contributed by atoms with E-state index in [0.717, 1.165) is 5.92 Å². The molecule has 2 N–H and O–H groups in total. The summed E-state index contributed by atoms with van der Waals surface area (Å²) in [6.45, 7) is 9.00. The second kappa shape index (κ2) is 6.47. The van der Waals surface area contributed by atoms with Crippen LogP contribution < -0.4 is 5.73 Å². The number of nitrogens with two attached hydrogens (primary N) is 1. The number of hydrogen-bond donors (Lipinski definition) is 1. The van der Waals surface area contributed by atoms with Gasteiger partial charge in [-0.15, -0.1) is 0 Å². The Morgan fingerprint density at radius 1 is 1.08 bits per heavy atom. The summed E-state index contributed by atoms with van der Waals surface area (Å²) in [6.07, 6.45) is 4.99. The number of hydrogen-bond acceptors (Lipinski definition) is 1. The SMILES string of the molecule is CCCC(C)[C@H](N)C(CC)CC. The van der Waals surface area contributed by atoms with Gasteiger partial charge < -0.3 is 5.73 Å². The van der Waals surface area contributed by atoms with E-state index in [4.69, 9.17) is 5.73 Å². The van der Waals surface area contributed by atoms with Gasteiger partial charge in [-0.25, -0.2) is 0 Å². The van der Waals surface area contributed by atoms with Crippen LogP contribution in [0.2, 0.25) is 0 Å². The molecule has 0 radical (unpaired) electrons. The molecule has 0 saturated heterocycles. The molecule has 1 heteroatoms. The fourth-order valence-electron chi connectivity index (χ4n) is 1.95. The largest absolute Gasteiger partial charge is 0.327 e. The highest BCUT2D eigenvalue weighted by molar-refractivity contribution is 4.75. The molecule has 0 bridgehead atoms. The fraction of sp³-hybridized carbons (Fsp3) is 1.00. The Morgan fingerprint density at radius 3 is 1.92 bits per heavy atom. The molecule has 0 spiro atoms. The molecule has 0 aliphatic rings. The van der Waals surface area contributed by atoms with Gasteiger partial charge in [-0.05, 0) is 18.3 Å². The molecule has 0 aromatic rings. The first kappa shape index (κ1) is 12.0. The smallest absolute Gasteiger partial charge is 0.00927 e. The molecule has 0 amide bonds. The topological polar surface area (TPSA) is 26.0 Å². The van der Waals surface area contributed by atoms with E-state index in [-0.39, 0.29) is 0 Å². The van der Waals surface area contributed by atoms with E-state index in [2.05, 4.69) is 27.7 Å². The Labute approximate surface area is 77.7 Å². The Kier molecular flexibility index (Phi) is 6.45. The Balaban J connectivity index is 3.87. The van der Waals surface area contributed by atoms with Gasteiger partial charge in [0.1, 0.15) is 0 Å². The van der Waals surface area contributed by atoms with Gasteiger partial charge in [-0.1, -0.05) is 47.0 Å². The zero-order valence-electron chi connectivity index (χ0n) is 9.14. The van der Waals surface area contributed by atoms with Crippen molar-refractivity contribution in [3.05, 3.63) is 0 Å². The molecule has 0 aliphatic heterocycles. The molecule has 0 rings (SSSR count). The first-order valence-corrected chi connectivity index (χ1v) is 5.42. The highest BCUT2D eigenvalue weighted by atomic mass is 14.7. The van der Waals surface area contributed by atoms with Crippen molar-refractivity contribution in [2.45, 2.75) is 59.4 Å². The minimum atomic E-state index is 0.417. The standard InChI is InChI=1S/C11H25N/c1-5-8-9(4)11(12)10(6-2)7-3/h9-11H,5-8,12H2,1-4H3/t9?,11-/m0/s1. The van der Waals surface area contributed by atoms with E-state index in [9.17, 15) is 0 Å². The highest BCUT2D eigenvalue weighted by Crippen LogP contribution is 2.20. The quantitative estimate of drug-likeness (QED) is 0.652. The maximum absolute atomic E-state index is 6.17. The van der Waals surface area contributed by atoms with Crippen LogP contribution in [-0.4, -0.2) is 6.04 Å². The van der Waals surface area contributed by atoms with Crippen molar-refractivity contribution in [1.29, 1.82) is 0 Å². The second-order valence-electron chi connectivity index (χ2n) is 3.92. The molecular weight excluding hydrogens is 146 g/mol. The summed E-state index contributed by atoms with van der Waals surface area (Å²) in [5.41, 5.74) is 6.17. The molecule has 12 heavy (non-hydrogen) atoms. The third-order valence-corrected chi connectivity index (χ3v) is 2.99. The Morgan fingerprint density at radius 2 is 1.58 bits per heavy atom. The van der Waals surface area contributed by atoms with E-state index in [1.165, 1.54) is 25.7 Å². The van der Waals surface area contributed by atoms with E-state index < -0.39 is 0 Å². The minimum absolute atomic E-state index is 0.417. The van der Waals surface area contributed by atoms with E-state index in [1.807, 2.05) is 0 Å². The van der Waals surface area contributed by atoms with Crippen LogP contribution in [0.5, 0.6) is 0 Å². The van der Waals surface area contributed by atoms with Crippen LogP contribution in [-0.2, 0) is 0 Å². The van der Waals surface area contributed by atoms with Crippen LogP contribution in [0.15, 0.2) is 0 Å². The Hall–Kier alpha value is -0.0400. The average Bonchev–Trinajstić information content (AvgIpc) is 2.07. The third-order valence-electron chi connectivity index (χ3n) is 2.99. The molecular formula is C11H25N. The lowest BCUT2D eigenvalue weighted by Gasteiger charge is -2.26.